The van der Waals surface area contributed by atoms with E-state index in [1.165, 1.54) is 23.5 Å². The van der Waals surface area contributed by atoms with Crippen LogP contribution >= 0.6 is 11.3 Å². The molecule has 9 heteroatoms. The summed E-state index contributed by atoms with van der Waals surface area (Å²) in [7, 11) is -4.40. The Bertz CT molecular complexity index is 1120. The van der Waals surface area contributed by atoms with Gasteiger partial charge in [-0.2, -0.15) is 11.3 Å². The molecular formula is C19H15NO6S2. The largest absolute Gasteiger partial charge is 0.488 e. The van der Waals surface area contributed by atoms with Crippen LogP contribution in [0.5, 0.6) is 5.75 Å². The van der Waals surface area contributed by atoms with E-state index >= 15 is 0 Å². The number of ether oxygens (including phenoxy) is 1. The van der Waals surface area contributed by atoms with Crippen LogP contribution in [0.25, 0.3) is 0 Å². The fourth-order valence-corrected chi connectivity index (χ4v) is 3.97. The molecule has 0 aliphatic carbocycles. The van der Waals surface area contributed by atoms with Crippen molar-refractivity contribution in [1.29, 1.82) is 0 Å². The molecule has 0 saturated heterocycles. The first-order valence-corrected chi connectivity index (χ1v) is 10.4. The molecule has 0 aliphatic rings. The third-order valence-electron chi connectivity index (χ3n) is 3.86. The number of carbonyl (C=O) groups excluding carboxylic acids is 1. The normalized spacial score (nSPS) is 11.2. The molecule has 0 bridgehead atoms. The molecule has 0 spiro atoms. The lowest BCUT2D eigenvalue weighted by Crippen LogP contribution is -2.19. The zero-order chi connectivity index (χ0) is 20.3. The predicted octanol–water partition coefficient (Wildman–Crippen LogP) is 2.90. The van der Waals surface area contributed by atoms with Gasteiger partial charge in [-0.05, 0) is 34.5 Å². The highest BCUT2D eigenvalue weighted by Crippen LogP contribution is 2.31. The molecule has 7 nitrogen and oxygen atoms in total. The summed E-state index contributed by atoms with van der Waals surface area (Å²) in [5.74, 6) is -2.17. The van der Waals surface area contributed by atoms with Crippen molar-refractivity contribution >= 4 is 33.1 Å². The maximum atomic E-state index is 13.0. The van der Waals surface area contributed by atoms with Gasteiger partial charge in [-0.15, -0.1) is 0 Å². The Morgan fingerprint density at radius 2 is 1.79 bits per heavy atom. The fraction of sp³-hybridized carbons (Fsp3) is 0.0526. The Kier molecular flexibility index (Phi) is 5.59. The molecule has 0 amide bonds. The number of rotatable bonds is 7. The maximum absolute atomic E-state index is 13.0. The number of aromatic carboxylic acids is 1. The van der Waals surface area contributed by atoms with E-state index in [0.29, 0.717) is 0 Å². The second-order valence-corrected chi connectivity index (χ2v) is 8.12. The zero-order valence-corrected chi connectivity index (χ0v) is 16.0. The van der Waals surface area contributed by atoms with Crippen LogP contribution in [0.15, 0.2) is 64.2 Å². The van der Waals surface area contributed by atoms with Crippen molar-refractivity contribution in [1.82, 2.24) is 0 Å². The molecule has 3 rings (SSSR count). The lowest BCUT2D eigenvalue weighted by atomic mass is 10.0. The minimum Gasteiger partial charge on any atom is -0.488 e. The summed E-state index contributed by atoms with van der Waals surface area (Å²) in [6.07, 6.45) is 0. The molecule has 0 fully saturated rings. The molecule has 3 aromatic rings. The van der Waals surface area contributed by atoms with Gasteiger partial charge >= 0.3 is 5.97 Å². The standard InChI is InChI=1S/C19H15NO6S2/c20-28(24,25)16-9-14(19(22)23)8-15(26-10-12-6-7-27-11-12)17(16)18(21)13-4-2-1-3-5-13/h1-9,11H,10H2,(H,22,23)(H2,20,24,25). The van der Waals surface area contributed by atoms with Crippen LogP contribution in [0.2, 0.25) is 0 Å². The number of hydrogen-bond donors (Lipinski definition) is 2. The van der Waals surface area contributed by atoms with Crippen LogP contribution in [-0.2, 0) is 16.6 Å². The Labute approximate surface area is 165 Å². The molecule has 1 aromatic heterocycles. The van der Waals surface area contributed by atoms with Crippen LogP contribution in [0.1, 0.15) is 31.8 Å². The Balaban J connectivity index is 2.20. The first-order chi connectivity index (χ1) is 13.3. The summed E-state index contributed by atoms with van der Waals surface area (Å²) in [5, 5.41) is 18.3. The molecule has 3 N–H and O–H groups in total. The van der Waals surface area contributed by atoms with Gasteiger partial charge in [0.25, 0.3) is 0 Å². The van der Waals surface area contributed by atoms with Crippen LogP contribution in [0, 0.1) is 0 Å². The SMILES string of the molecule is NS(=O)(=O)c1cc(C(=O)O)cc(OCc2ccsc2)c1C(=O)c1ccccc1. The second-order valence-electron chi connectivity index (χ2n) is 5.81. The minimum absolute atomic E-state index is 0.0334. The molecular weight excluding hydrogens is 402 g/mol. The van der Waals surface area contributed by atoms with E-state index < -0.39 is 26.7 Å². The van der Waals surface area contributed by atoms with Crippen molar-refractivity contribution in [2.24, 2.45) is 5.14 Å². The van der Waals surface area contributed by atoms with Crippen molar-refractivity contribution in [3.8, 4) is 5.75 Å². The molecule has 0 radical (unpaired) electrons. The summed E-state index contributed by atoms with van der Waals surface area (Å²) in [5.41, 5.74) is 0.361. The van der Waals surface area contributed by atoms with Gasteiger partial charge in [-0.1, -0.05) is 30.3 Å². The molecule has 0 saturated carbocycles. The van der Waals surface area contributed by atoms with Gasteiger partial charge in [0, 0.05) is 5.56 Å². The Hall–Kier alpha value is -3.01. The number of benzene rings is 2. The van der Waals surface area contributed by atoms with Crippen molar-refractivity contribution < 1.29 is 27.9 Å². The average Bonchev–Trinajstić information content (AvgIpc) is 3.18. The zero-order valence-electron chi connectivity index (χ0n) is 14.4. The quantitative estimate of drug-likeness (QED) is 0.570. The molecule has 1 heterocycles. The van der Waals surface area contributed by atoms with Gasteiger partial charge in [-0.25, -0.2) is 18.4 Å². The van der Waals surface area contributed by atoms with Crippen molar-refractivity contribution in [2.45, 2.75) is 11.5 Å². The number of carboxylic acid groups (broad SMARTS) is 1. The Morgan fingerprint density at radius 1 is 1.07 bits per heavy atom. The molecule has 0 atom stereocenters. The van der Waals surface area contributed by atoms with Crippen LogP contribution < -0.4 is 9.88 Å². The average molecular weight is 417 g/mol. The molecule has 0 aliphatic heterocycles. The molecule has 28 heavy (non-hydrogen) atoms. The van der Waals surface area contributed by atoms with Gasteiger partial charge in [0.1, 0.15) is 12.4 Å². The summed E-state index contributed by atoms with van der Waals surface area (Å²) < 4.78 is 29.9. The van der Waals surface area contributed by atoms with E-state index in [1.54, 1.807) is 24.3 Å². The highest BCUT2D eigenvalue weighted by atomic mass is 32.2. The first-order valence-electron chi connectivity index (χ1n) is 7.95. The topological polar surface area (TPSA) is 124 Å². The first kappa shape index (κ1) is 19.7. The molecule has 2 aromatic carbocycles. The molecule has 0 unspecified atom stereocenters. The van der Waals surface area contributed by atoms with E-state index in [-0.39, 0.29) is 29.0 Å². The van der Waals surface area contributed by atoms with Gasteiger partial charge in [0.15, 0.2) is 5.78 Å². The van der Waals surface area contributed by atoms with Gasteiger partial charge in [0.2, 0.25) is 10.0 Å². The van der Waals surface area contributed by atoms with E-state index in [4.69, 9.17) is 9.88 Å². The van der Waals surface area contributed by atoms with Crippen molar-refractivity contribution in [3.63, 3.8) is 0 Å². The highest BCUT2D eigenvalue weighted by Gasteiger charge is 2.27. The Morgan fingerprint density at radius 3 is 2.36 bits per heavy atom. The van der Waals surface area contributed by atoms with Gasteiger partial charge < -0.3 is 9.84 Å². The van der Waals surface area contributed by atoms with Gasteiger partial charge in [-0.3, -0.25) is 4.79 Å². The van der Waals surface area contributed by atoms with Crippen LogP contribution in [0.4, 0.5) is 0 Å². The lowest BCUT2D eigenvalue weighted by Gasteiger charge is -2.15. The van der Waals surface area contributed by atoms with E-state index in [2.05, 4.69) is 0 Å². The summed E-state index contributed by atoms with van der Waals surface area (Å²) in [6.45, 7) is 0.0334. The summed E-state index contributed by atoms with van der Waals surface area (Å²) in [4.78, 5) is 23.9. The van der Waals surface area contributed by atoms with Crippen LogP contribution in [-0.4, -0.2) is 25.3 Å². The van der Waals surface area contributed by atoms with E-state index in [0.717, 1.165) is 17.7 Å². The van der Waals surface area contributed by atoms with Crippen LogP contribution in [0.3, 0.4) is 0 Å². The fourth-order valence-electron chi connectivity index (χ4n) is 2.55. The maximum Gasteiger partial charge on any atom is 0.335 e. The van der Waals surface area contributed by atoms with E-state index in [1.807, 2.05) is 10.8 Å². The number of thiophene rings is 1. The monoisotopic (exact) mass is 417 g/mol. The number of carboxylic acids is 1. The minimum atomic E-state index is -4.40. The van der Waals surface area contributed by atoms with Crippen molar-refractivity contribution in [3.05, 3.63) is 81.5 Å². The summed E-state index contributed by atoms with van der Waals surface area (Å²) >= 11 is 1.44. The van der Waals surface area contributed by atoms with Crippen molar-refractivity contribution in [2.75, 3.05) is 0 Å². The number of carbonyl (C=O) groups is 2. The van der Waals surface area contributed by atoms with E-state index in [9.17, 15) is 23.1 Å². The number of primary sulfonamides is 1. The van der Waals surface area contributed by atoms with Gasteiger partial charge in [0.05, 0.1) is 16.0 Å². The number of ketones is 1. The number of nitrogens with two attached hydrogens (primary N) is 1. The lowest BCUT2D eigenvalue weighted by molar-refractivity contribution is 0.0695. The second kappa shape index (κ2) is 7.93. The summed E-state index contributed by atoms with van der Waals surface area (Å²) in [6, 6.07) is 11.8. The highest BCUT2D eigenvalue weighted by molar-refractivity contribution is 7.89. The predicted molar refractivity (Wildman–Crippen MR) is 103 cm³/mol. The number of hydrogen-bond acceptors (Lipinski definition) is 6. The molecule has 144 valence electrons. The number of sulfonamides is 1. The third-order valence-corrected chi connectivity index (χ3v) is 5.52. The third kappa shape index (κ3) is 4.28. The smallest absolute Gasteiger partial charge is 0.335 e.